The number of hydrogen-bond donors (Lipinski definition) is 2. The van der Waals surface area contributed by atoms with Crippen molar-refractivity contribution in [2.24, 2.45) is 5.10 Å². The third-order valence-electron chi connectivity index (χ3n) is 3.93. The first-order chi connectivity index (χ1) is 13.5. The minimum atomic E-state index is -1.00. The van der Waals surface area contributed by atoms with Gasteiger partial charge < -0.3 is 14.3 Å². The van der Waals surface area contributed by atoms with Crippen molar-refractivity contribution in [1.29, 1.82) is 0 Å². The zero-order valence-corrected chi connectivity index (χ0v) is 15.1. The number of hydrazone groups is 1. The number of nitrogens with one attached hydrogen (secondary N) is 1. The van der Waals surface area contributed by atoms with E-state index in [1.807, 2.05) is 12.1 Å². The van der Waals surface area contributed by atoms with E-state index in [4.69, 9.17) is 14.3 Å². The molecule has 0 bridgehead atoms. The van der Waals surface area contributed by atoms with E-state index in [2.05, 4.69) is 10.5 Å². The van der Waals surface area contributed by atoms with Gasteiger partial charge >= 0.3 is 5.97 Å². The van der Waals surface area contributed by atoms with Crippen molar-refractivity contribution in [3.05, 3.63) is 77.6 Å². The van der Waals surface area contributed by atoms with E-state index in [1.54, 1.807) is 43.5 Å². The summed E-state index contributed by atoms with van der Waals surface area (Å²) in [7, 11) is 1.58. The molecule has 142 valence electrons. The van der Waals surface area contributed by atoms with Gasteiger partial charge in [-0.05, 0) is 42.0 Å². The maximum Gasteiger partial charge on any atom is 0.335 e. The molecule has 0 aliphatic carbocycles. The van der Waals surface area contributed by atoms with Crippen LogP contribution >= 0.6 is 0 Å². The van der Waals surface area contributed by atoms with Gasteiger partial charge in [-0.3, -0.25) is 4.79 Å². The van der Waals surface area contributed by atoms with E-state index in [-0.39, 0.29) is 17.9 Å². The van der Waals surface area contributed by atoms with E-state index >= 15 is 0 Å². The van der Waals surface area contributed by atoms with Crippen LogP contribution in [0, 0.1) is 0 Å². The molecule has 0 spiro atoms. The maximum absolute atomic E-state index is 11.9. The first-order valence-corrected chi connectivity index (χ1v) is 8.43. The highest BCUT2D eigenvalue weighted by molar-refractivity contribution is 5.89. The van der Waals surface area contributed by atoms with Crippen LogP contribution in [0.3, 0.4) is 0 Å². The van der Waals surface area contributed by atoms with Crippen LogP contribution in [0.25, 0.3) is 11.3 Å². The highest BCUT2D eigenvalue weighted by Crippen LogP contribution is 2.22. The van der Waals surface area contributed by atoms with Crippen LogP contribution in [0.1, 0.15) is 21.7 Å². The number of furan rings is 1. The van der Waals surface area contributed by atoms with E-state index in [0.717, 1.165) is 11.3 Å². The summed E-state index contributed by atoms with van der Waals surface area (Å²) < 4.78 is 10.7. The van der Waals surface area contributed by atoms with E-state index in [0.29, 0.717) is 17.1 Å². The predicted octanol–water partition coefficient (Wildman–Crippen LogP) is 3.35. The third kappa shape index (κ3) is 4.85. The first kappa shape index (κ1) is 18.9. The van der Waals surface area contributed by atoms with Gasteiger partial charge in [0.1, 0.15) is 17.3 Å². The Morgan fingerprint density at radius 2 is 1.93 bits per heavy atom. The molecule has 0 atom stereocenters. The number of amides is 1. The van der Waals surface area contributed by atoms with Gasteiger partial charge in [0.15, 0.2) is 0 Å². The number of nitrogens with zero attached hydrogens (tertiary/aromatic N) is 1. The third-order valence-corrected chi connectivity index (χ3v) is 3.93. The summed E-state index contributed by atoms with van der Waals surface area (Å²) in [6.07, 6.45) is 1.57. The number of carbonyl (C=O) groups excluding carboxylic acids is 1. The molecular formula is C21H18N2O5. The SMILES string of the molecule is COc1ccc(CC(=O)N/N=C\c2ccc(-c3cccc(C(=O)O)c3)o2)cc1. The Bertz CT molecular complexity index is 1010. The number of carbonyl (C=O) groups is 2. The molecule has 0 radical (unpaired) electrons. The van der Waals surface area contributed by atoms with Crippen LogP contribution in [-0.2, 0) is 11.2 Å². The van der Waals surface area contributed by atoms with Crippen LogP contribution in [0.5, 0.6) is 5.75 Å². The molecule has 2 N–H and O–H groups in total. The van der Waals surface area contributed by atoms with Gasteiger partial charge in [0, 0.05) is 5.56 Å². The molecule has 1 aromatic heterocycles. The Morgan fingerprint density at radius 3 is 2.64 bits per heavy atom. The second kappa shape index (κ2) is 8.68. The van der Waals surface area contributed by atoms with Gasteiger partial charge in [-0.1, -0.05) is 24.3 Å². The summed E-state index contributed by atoms with van der Waals surface area (Å²) in [6, 6.07) is 17.0. The number of rotatable bonds is 7. The molecular weight excluding hydrogens is 360 g/mol. The molecule has 0 aliphatic heterocycles. The molecule has 1 amide bonds. The Kier molecular flexibility index (Phi) is 5.86. The molecule has 1 heterocycles. The molecule has 28 heavy (non-hydrogen) atoms. The van der Waals surface area contributed by atoms with Crippen molar-refractivity contribution < 1.29 is 23.8 Å². The summed E-state index contributed by atoms with van der Waals surface area (Å²) in [5.74, 6) is 0.399. The van der Waals surface area contributed by atoms with E-state index in [9.17, 15) is 9.59 Å². The summed E-state index contributed by atoms with van der Waals surface area (Å²) in [6.45, 7) is 0. The Labute approximate surface area is 161 Å². The van der Waals surface area contributed by atoms with Crippen molar-refractivity contribution in [2.45, 2.75) is 6.42 Å². The topological polar surface area (TPSA) is 101 Å². The highest BCUT2D eigenvalue weighted by atomic mass is 16.5. The number of methoxy groups -OCH3 is 1. The summed E-state index contributed by atoms with van der Waals surface area (Å²) in [5, 5.41) is 13.0. The van der Waals surface area contributed by atoms with E-state index < -0.39 is 5.97 Å². The monoisotopic (exact) mass is 378 g/mol. The molecule has 0 saturated heterocycles. The lowest BCUT2D eigenvalue weighted by Crippen LogP contribution is -2.19. The summed E-state index contributed by atoms with van der Waals surface area (Å²) in [4.78, 5) is 23.0. The first-order valence-electron chi connectivity index (χ1n) is 8.43. The average Bonchev–Trinajstić information content (AvgIpc) is 3.17. The van der Waals surface area contributed by atoms with Crippen molar-refractivity contribution >= 4 is 18.1 Å². The van der Waals surface area contributed by atoms with Crippen molar-refractivity contribution in [3.8, 4) is 17.1 Å². The second-order valence-corrected chi connectivity index (χ2v) is 5.91. The molecule has 0 fully saturated rings. The lowest BCUT2D eigenvalue weighted by molar-refractivity contribution is -0.120. The molecule has 3 rings (SSSR count). The summed E-state index contributed by atoms with van der Waals surface area (Å²) in [5.41, 5.74) is 4.10. The molecule has 0 unspecified atom stereocenters. The summed E-state index contributed by atoms with van der Waals surface area (Å²) >= 11 is 0. The number of ether oxygens (including phenoxy) is 1. The van der Waals surface area contributed by atoms with Crippen LogP contribution < -0.4 is 10.2 Å². The fraction of sp³-hybridized carbons (Fsp3) is 0.0952. The normalized spacial score (nSPS) is 10.8. The van der Waals surface area contributed by atoms with Gasteiger partial charge in [-0.15, -0.1) is 0 Å². The van der Waals surface area contributed by atoms with E-state index in [1.165, 1.54) is 18.3 Å². The van der Waals surface area contributed by atoms with Gasteiger partial charge in [0.05, 0.1) is 25.3 Å². The smallest absolute Gasteiger partial charge is 0.335 e. The highest BCUT2D eigenvalue weighted by Gasteiger charge is 2.08. The van der Waals surface area contributed by atoms with Crippen LogP contribution in [0.15, 0.2) is 70.2 Å². The van der Waals surface area contributed by atoms with Gasteiger partial charge in [-0.25, -0.2) is 10.2 Å². The second-order valence-electron chi connectivity index (χ2n) is 5.91. The number of aromatic carboxylic acids is 1. The molecule has 2 aromatic carbocycles. The average molecular weight is 378 g/mol. The largest absolute Gasteiger partial charge is 0.497 e. The van der Waals surface area contributed by atoms with Gasteiger partial charge in [0.2, 0.25) is 5.91 Å². The molecule has 0 aliphatic rings. The zero-order chi connectivity index (χ0) is 19.9. The number of carboxylic acids is 1. The molecule has 7 heteroatoms. The van der Waals surface area contributed by atoms with Crippen molar-refractivity contribution in [3.63, 3.8) is 0 Å². The number of hydrogen-bond acceptors (Lipinski definition) is 5. The van der Waals surface area contributed by atoms with Crippen LogP contribution in [0.2, 0.25) is 0 Å². The molecule has 3 aromatic rings. The van der Waals surface area contributed by atoms with Gasteiger partial charge in [0.25, 0.3) is 0 Å². The Morgan fingerprint density at radius 1 is 1.14 bits per heavy atom. The molecule has 7 nitrogen and oxygen atoms in total. The minimum Gasteiger partial charge on any atom is -0.497 e. The zero-order valence-electron chi connectivity index (χ0n) is 15.1. The standard InChI is InChI=1S/C21H18N2O5/c1-27-17-7-5-14(6-8-17)11-20(24)23-22-13-18-9-10-19(28-18)15-3-2-4-16(12-15)21(25)26/h2-10,12-13H,11H2,1H3,(H,23,24)(H,25,26)/b22-13-. The number of benzene rings is 2. The lowest BCUT2D eigenvalue weighted by atomic mass is 10.1. The quantitative estimate of drug-likeness (QED) is 0.485. The molecule has 0 saturated carbocycles. The fourth-order valence-electron chi connectivity index (χ4n) is 2.52. The lowest BCUT2D eigenvalue weighted by Gasteiger charge is -2.02. The van der Waals surface area contributed by atoms with Gasteiger partial charge in [-0.2, -0.15) is 5.10 Å². The van der Waals surface area contributed by atoms with Crippen molar-refractivity contribution in [2.75, 3.05) is 7.11 Å². The fourth-order valence-corrected chi connectivity index (χ4v) is 2.52. The van der Waals surface area contributed by atoms with Crippen molar-refractivity contribution in [1.82, 2.24) is 5.43 Å². The van der Waals surface area contributed by atoms with Crippen LogP contribution in [0.4, 0.5) is 0 Å². The Hall–Kier alpha value is -3.87. The maximum atomic E-state index is 11.9. The van der Waals surface area contributed by atoms with Crippen LogP contribution in [-0.4, -0.2) is 30.3 Å². The minimum absolute atomic E-state index is 0.176. The predicted molar refractivity (Wildman–Crippen MR) is 104 cm³/mol. The number of carboxylic acid groups (broad SMARTS) is 1. The Balaban J connectivity index is 1.58.